The Balaban J connectivity index is 1.09. The number of carbonyl (C=O) groups excluding carboxylic acids is 3. The molecule has 0 radical (unpaired) electrons. The van der Waals surface area contributed by atoms with Gasteiger partial charge < -0.3 is 39.8 Å². The maximum Gasteiger partial charge on any atom is 0.407 e. The summed E-state index contributed by atoms with van der Waals surface area (Å²) in [4.78, 5) is 67.0. The number of ether oxygens (including phenoxy) is 1. The van der Waals surface area contributed by atoms with E-state index < -0.39 is 24.3 Å². The van der Waals surface area contributed by atoms with Gasteiger partial charge >= 0.3 is 12.2 Å². The zero-order chi connectivity index (χ0) is 46.5. The van der Waals surface area contributed by atoms with Crippen molar-refractivity contribution in [1.29, 1.82) is 0 Å². The zero-order valence-electron chi connectivity index (χ0n) is 39.5. The molecule has 3 fully saturated rings. The Morgan fingerprint density at radius 3 is 1.66 bits per heavy atom. The Morgan fingerprint density at radius 2 is 1.22 bits per heavy atom. The molecule has 6 atom stereocenters. The van der Waals surface area contributed by atoms with Gasteiger partial charge in [0.25, 0.3) is 0 Å². The number of alkyl carbamates (subject to hydrolysis) is 1. The summed E-state index contributed by atoms with van der Waals surface area (Å²) in [6, 6.07) is 25.3. The van der Waals surface area contributed by atoms with Crippen LogP contribution in [0.5, 0.6) is 0 Å². The third kappa shape index (κ3) is 8.90. The third-order valence-corrected chi connectivity index (χ3v) is 14.3. The van der Waals surface area contributed by atoms with Crippen LogP contribution in [0, 0.1) is 11.8 Å². The van der Waals surface area contributed by atoms with Crippen LogP contribution in [-0.4, -0.2) is 93.1 Å². The van der Waals surface area contributed by atoms with Crippen LogP contribution in [0.2, 0.25) is 0 Å². The van der Waals surface area contributed by atoms with Crippen LogP contribution in [0.25, 0.3) is 21.8 Å². The van der Waals surface area contributed by atoms with Crippen molar-refractivity contribution in [3.63, 3.8) is 0 Å². The lowest BCUT2D eigenvalue weighted by Crippen LogP contribution is -2.51. The Bertz CT molecular complexity index is 2550. The van der Waals surface area contributed by atoms with Gasteiger partial charge in [0.1, 0.15) is 12.1 Å². The van der Waals surface area contributed by atoms with Crippen LogP contribution < -0.4 is 10.2 Å². The summed E-state index contributed by atoms with van der Waals surface area (Å²) >= 11 is 0. The minimum Gasteiger partial charge on any atom is -0.465 e. The van der Waals surface area contributed by atoms with E-state index in [1.165, 1.54) is 30.8 Å². The number of hydrogen-bond acceptors (Lipinski definition) is 6. The number of benzene rings is 3. The van der Waals surface area contributed by atoms with E-state index in [9.17, 15) is 24.3 Å². The van der Waals surface area contributed by atoms with Crippen molar-refractivity contribution < 1.29 is 29.0 Å². The van der Waals surface area contributed by atoms with Crippen molar-refractivity contribution in [2.45, 2.75) is 129 Å². The molecule has 0 spiro atoms. The van der Waals surface area contributed by atoms with E-state index in [0.29, 0.717) is 13.1 Å². The molecular formula is C52H67N7O6. The number of rotatable bonds is 11. The van der Waals surface area contributed by atoms with E-state index in [1.807, 2.05) is 37.5 Å². The first-order chi connectivity index (χ1) is 30.9. The van der Waals surface area contributed by atoms with Gasteiger partial charge in [-0.15, -0.1) is 0 Å². The number of H-pyrrole nitrogens is 2. The van der Waals surface area contributed by atoms with Gasteiger partial charge in [-0.25, -0.2) is 9.59 Å². The van der Waals surface area contributed by atoms with Crippen LogP contribution in [-0.2, 0) is 19.7 Å². The topological polar surface area (TPSA) is 154 Å². The van der Waals surface area contributed by atoms with E-state index in [0.717, 1.165) is 82.3 Å². The first kappa shape index (κ1) is 45.6. The summed E-state index contributed by atoms with van der Waals surface area (Å²) in [5, 5.41) is 14.7. The lowest BCUT2D eigenvalue weighted by atomic mass is 9.87. The lowest BCUT2D eigenvalue weighted by Gasteiger charge is -2.34. The van der Waals surface area contributed by atoms with Crippen LogP contribution in [0.4, 0.5) is 15.3 Å². The minimum atomic E-state index is -1.10. The van der Waals surface area contributed by atoms with Crippen LogP contribution in [0.1, 0.15) is 139 Å². The summed E-state index contributed by atoms with van der Waals surface area (Å²) in [7, 11) is 2.80. The largest absolute Gasteiger partial charge is 0.465 e. The number of methoxy groups -OCH3 is 1. The van der Waals surface area contributed by atoms with Gasteiger partial charge in [0.2, 0.25) is 11.8 Å². The Labute approximate surface area is 382 Å². The van der Waals surface area contributed by atoms with E-state index in [2.05, 4.69) is 114 Å². The molecule has 4 amide bonds. The fraction of sp³-hybridized carbons (Fsp3) is 0.500. The van der Waals surface area contributed by atoms with Gasteiger partial charge in [-0.05, 0) is 120 Å². The predicted octanol–water partition coefficient (Wildman–Crippen LogP) is 10.4. The lowest BCUT2D eigenvalue weighted by molar-refractivity contribution is -0.138. The van der Waals surface area contributed by atoms with E-state index >= 15 is 0 Å². The standard InChI is InChI=1S/C52H67N7O6/c1-30(2)46(55-50(62)65-9)48(60)57-24-10-12-44(57)40-26-32-14-16-34(28-38(32)53-40)42-22-23-43(59(42)37-20-18-36(19-21-37)52(5,6)7)35-17-15-33-27-41(54-39(33)29-35)45-13-11-25-58(45)49(61)47(31(3)4)56(8)51(63)64/h14-21,26-31,42-47,53-54H,10-13,22-25H2,1-9H3,(H,55,62)(H,63,64)/t42-,43-,44+,45+,46+,47+/m1/s1. The van der Waals surface area contributed by atoms with Crippen molar-refractivity contribution in [2.24, 2.45) is 11.8 Å². The highest BCUT2D eigenvalue weighted by molar-refractivity contribution is 5.88. The molecule has 3 saturated heterocycles. The minimum absolute atomic E-state index is 0.0174. The number of anilines is 1. The number of likely N-dealkylation sites (N-methyl/N-ethyl adjacent to an activating group) is 1. The van der Waals surface area contributed by atoms with Gasteiger partial charge in [0.15, 0.2) is 0 Å². The second kappa shape index (κ2) is 18.1. The Kier molecular flexibility index (Phi) is 12.7. The monoisotopic (exact) mass is 886 g/mol. The summed E-state index contributed by atoms with van der Waals surface area (Å²) in [5.41, 5.74) is 8.92. The molecular weight excluding hydrogens is 819 g/mol. The SMILES string of the molecule is COC(=O)N[C@H](C(=O)N1CCC[C@H]1c1cc2ccc([C@H]3CC[C@H](c4ccc5cc([C@@H]6CCCN6C(=O)[C@H](C(C)C)N(C)C(=O)O)[nH]c5c4)N3c3ccc(C(C)(C)C)cc3)cc2[nH]1)C(C)C. The molecule has 8 rings (SSSR count). The maximum atomic E-state index is 14.0. The zero-order valence-corrected chi connectivity index (χ0v) is 39.5. The summed E-state index contributed by atoms with van der Waals surface area (Å²) in [5.74, 6) is -0.507. The van der Waals surface area contributed by atoms with Crippen LogP contribution in [0.15, 0.2) is 72.8 Å². The number of amides is 4. The van der Waals surface area contributed by atoms with Crippen LogP contribution >= 0.6 is 0 Å². The van der Waals surface area contributed by atoms with Gasteiger partial charge in [-0.3, -0.25) is 14.5 Å². The summed E-state index contributed by atoms with van der Waals surface area (Å²) in [6.45, 7) is 15.6. The average molecular weight is 886 g/mol. The van der Waals surface area contributed by atoms with Crippen LogP contribution in [0.3, 0.4) is 0 Å². The molecule has 5 heterocycles. The molecule has 5 aromatic rings. The van der Waals surface area contributed by atoms with Crippen molar-refractivity contribution in [3.8, 4) is 0 Å². The molecule has 346 valence electrons. The highest BCUT2D eigenvalue weighted by Gasteiger charge is 2.41. The molecule has 3 aromatic carbocycles. The van der Waals surface area contributed by atoms with Gasteiger partial charge in [-0.2, -0.15) is 0 Å². The number of carbonyl (C=O) groups is 4. The second-order valence-electron chi connectivity index (χ2n) is 20.3. The molecule has 13 nitrogen and oxygen atoms in total. The number of fused-ring (bicyclic) bond motifs is 2. The average Bonchev–Trinajstić information content (AvgIpc) is 4.12. The molecule has 2 aromatic heterocycles. The maximum absolute atomic E-state index is 14.0. The molecule has 0 saturated carbocycles. The molecule has 13 heteroatoms. The van der Waals surface area contributed by atoms with Gasteiger partial charge in [0.05, 0.1) is 31.3 Å². The van der Waals surface area contributed by atoms with Crippen molar-refractivity contribution in [2.75, 3.05) is 32.1 Å². The third-order valence-electron chi connectivity index (χ3n) is 14.3. The van der Waals surface area contributed by atoms with Crippen molar-refractivity contribution >= 4 is 51.5 Å². The molecule has 3 aliphatic heterocycles. The first-order valence-electron chi connectivity index (χ1n) is 23.5. The number of aromatic amines is 2. The van der Waals surface area contributed by atoms with E-state index in [-0.39, 0.29) is 53.2 Å². The summed E-state index contributed by atoms with van der Waals surface area (Å²) in [6.07, 6.45) is 3.58. The highest BCUT2D eigenvalue weighted by atomic mass is 16.5. The number of likely N-dealkylation sites (tertiary alicyclic amines) is 2. The number of hydrogen-bond donors (Lipinski definition) is 4. The molecule has 0 unspecified atom stereocenters. The number of carboxylic acid groups (broad SMARTS) is 1. The second-order valence-corrected chi connectivity index (χ2v) is 20.3. The molecule has 3 aliphatic rings. The normalized spacial score (nSPS) is 21.2. The Morgan fingerprint density at radius 1 is 0.708 bits per heavy atom. The number of nitrogens with zero attached hydrogens (tertiary/aromatic N) is 4. The summed E-state index contributed by atoms with van der Waals surface area (Å²) < 4.78 is 4.84. The Hall–Kier alpha value is -5.98. The van der Waals surface area contributed by atoms with Gasteiger partial charge in [0, 0.05) is 48.2 Å². The fourth-order valence-corrected chi connectivity index (χ4v) is 10.8. The number of aromatic nitrogens is 2. The molecule has 65 heavy (non-hydrogen) atoms. The van der Waals surface area contributed by atoms with Crippen molar-refractivity contribution in [3.05, 3.63) is 101 Å². The molecule has 0 aliphatic carbocycles. The molecule has 4 N–H and O–H groups in total. The predicted molar refractivity (Wildman–Crippen MR) is 255 cm³/mol. The van der Waals surface area contributed by atoms with E-state index in [4.69, 9.17) is 4.74 Å². The molecule has 0 bridgehead atoms. The highest BCUT2D eigenvalue weighted by Crippen LogP contribution is 2.48. The first-order valence-corrected chi connectivity index (χ1v) is 23.5. The van der Waals surface area contributed by atoms with E-state index in [1.54, 1.807) is 0 Å². The fourth-order valence-electron chi connectivity index (χ4n) is 10.8. The smallest absolute Gasteiger partial charge is 0.407 e. The van der Waals surface area contributed by atoms with Crippen molar-refractivity contribution in [1.82, 2.24) is 30.0 Å². The number of nitrogens with one attached hydrogen (secondary N) is 3. The quantitative estimate of drug-likeness (QED) is 0.103. The van der Waals surface area contributed by atoms with Gasteiger partial charge in [-0.1, -0.05) is 84.9 Å².